The van der Waals surface area contributed by atoms with Crippen molar-refractivity contribution in [2.75, 3.05) is 5.73 Å². The standard InChI is InChI=1S/C13H7Cl3FN3S/c14-8-2-1-6(3-9(8)17)20-5-10(18)12(19-20)7-4-11(15)21-13(7)16/h1-5H,18H2. The molecule has 3 aromatic rings. The molecule has 21 heavy (non-hydrogen) atoms. The molecule has 108 valence electrons. The van der Waals surface area contributed by atoms with Gasteiger partial charge in [0, 0.05) is 11.6 Å². The van der Waals surface area contributed by atoms with Gasteiger partial charge in [-0.3, -0.25) is 0 Å². The van der Waals surface area contributed by atoms with Crippen LogP contribution in [0.3, 0.4) is 0 Å². The number of benzene rings is 1. The maximum atomic E-state index is 13.5. The number of nitrogens with zero attached hydrogens (tertiary/aromatic N) is 2. The highest BCUT2D eigenvalue weighted by Gasteiger charge is 2.16. The average molecular weight is 363 g/mol. The highest BCUT2D eigenvalue weighted by molar-refractivity contribution is 7.20. The fourth-order valence-corrected chi connectivity index (χ4v) is 3.44. The minimum absolute atomic E-state index is 0.0479. The van der Waals surface area contributed by atoms with Gasteiger partial charge in [0.15, 0.2) is 0 Å². The Morgan fingerprint density at radius 2 is 1.95 bits per heavy atom. The molecule has 0 spiro atoms. The Hall–Kier alpha value is -1.27. The summed E-state index contributed by atoms with van der Waals surface area (Å²) in [5, 5.41) is 4.39. The molecule has 0 unspecified atom stereocenters. The summed E-state index contributed by atoms with van der Waals surface area (Å²) in [5.74, 6) is -0.526. The van der Waals surface area contributed by atoms with Crippen LogP contribution in [-0.2, 0) is 0 Å². The Balaban J connectivity index is 2.09. The number of nitrogen functional groups attached to an aromatic ring is 1. The molecule has 0 fully saturated rings. The number of thiophene rings is 1. The Kier molecular flexibility index (Phi) is 3.84. The molecular weight excluding hydrogens is 356 g/mol. The van der Waals surface area contributed by atoms with Gasteiger partial charge in [0.05, 0.1) is 26.9 Å². The van der Waals surface area contributed by atoms with Crippen LogP contribution in [-0.4, -0.2) is 9.78 Å². The second-order valence-electron chi connectivity index (χ2n) is 4.21. The summed E-state index contributed by atoms with van der Waals surface area (Å²) in [5.41, 5.74) is 8.03. The van der Waals surface area contributed by atoms with Gasteiger partial charge in [0.2, 0.25) is 0 Å². The summed E-state index contributed by atoms with van der Waals surface area (Å²) in [4.78, 5) is 0. The summed E-state index contributed by atoms with van der Waals surface area (Å²) >= 11 is 18.9. The zero-order valence-electron chi connectivity index (χ0n) is 10.3. The quantitative estimate of drug-likeness (QED) is 0.674. The summed E-state index contributed by atoms with van der Waals surface area (Å²) in [6.07, 6.45) is 1.58. The van der Waals surface area contributed by atoms with E-state index in [1.54, 1.807) is 18.3 Å². The molecule has 0 bridgehead atoms. The molecule has 2 heterocycles. The van der Waals surface area contributed by atoms with Gasteiger partial charge in [-0.15, -0.1) is 11.3 Å². The molecule has 2 aromatic heterocycles. The third-order valence-corrected chi connectivity index (χ3v) is 4.62. The molecule has 0 saturated heterocycles. The van der Waals surface area contributed by atoms with Crippen LogP contribution in [0.4, 0.5) is 10.1 Å². The predicted molar refractivity (Wildman–Crippen MR) is 86.3 cm³/mol. The summed E-state index contributed by atoms with van der Waals surface area (Å²) in [7, 11) is 0. The van der Waals surface area contributed by atoms with E-state index in [0.29, 0.717) is 31.3 Å². The SMILES string of the molecule is Nc1cn(-c2ccc(Cl)c(F)c2)nc1-c1cc(Cl)sc1Cl. The first-order valence-electron chi connectivity index (χ1n) is 5.71. The van der Waals surface area contributed by atoms with Crippen molar-refractivity contribution < 1.29 is 4.39 Å². The van der Waals surface area contributed by atoms with E-state index < -0.39 is 5.82 Å². The van der Waals surface area contributed by atoms with Crippen LogP contribution >= 0.6 is 46.1 Å². The average Bonchev–Trinajstić information content (AvgIpc) is 2.95. The molecule has 0 saturated carbocycles. The summed E-state index contributed by atoms with van der Waals surface area (Å²) in [6.45, 7) is 0. The molecule has 0 aliphatic rings. The van der Waals surface area contributed by atoms with E-state index in [9.17, 15) is 4.39 Å². The van der Waals surface area contributed by atoms with Crippen molar-refractivity contribution in [2.45, 2.75) is 0 Å². The molecule has 3 nitrogen and oxygen atoms in total. The van der Waals surface area contributed by atoms with Crippen molar-refractivity contribution in [3.63, 3.8) is 0 Å². The Morgan fingerprint density at radius 3 is 2.57 bits per heavy atom. The first-order chi connectivity index (χ1) is 9.95. The Bertz CT molecular complexity index is 828. The van der Waals surface area contributed by atoms with Crippen molar-refractivity contribution in [1.29, 1.82) is 0 Å². The van der Waals surface area contributed by atoms with Crippen LogP contribution in [0.1, 0.15) is 0 Å². The van der Waals surface area contributed by atoms with E-state index >= 15 is 0 Å². The second kappa shape index (κ2) is 5.50. The number of halogens is 4. The monoisotopic (exact) mass is 361 g/mol. The normalized spacial score (nSPS) is 11.0. The van der Waals surface area contributed by atoms with E-state index in [0.717, 1.165) is 0 Å². The third-order valence-electron chi connectivity index (χ3n) is 2.82. The number of rotatable bonds is 2. The predicted octanol–water partition coefficient (Wildman–Crippen LogP) is 5.28. The minimum Gasteiger partial charge on any atom is -0.396 e. The lowest BCUT2D eigenvalue weighted by Gasteiger charge is -2.02. The maximum absolute atomic E-state index is 13.5. The van der Waals surface area contributed by atoms with Crippen LogP contribution in [0, 0.1) is 5.82 Å². The van der Waals surface area contributed by atoms with Gasteiger partial charge in [0.1, 0.15) is 15.8 Å². The van der Waals surface area contributed by atoms with E-state index in [1.165, 1.54) is 28.2 Å². The molecule has 0 radical (unpaired) electrons. The fraction of sp³-hybridized carbons (Fsp3) is 0. The molecule has 0 amide bonds. The van der Waals surface area contributed by atoms with Gasteiger partial charge in [-0.2, -0.15) is 5.10 Å². The zero-order valence-corrected chi connectivity index (χ0v) is 13.4. The number of hydrogen-bond donors (Lipinski definition) is 1. The molecule has 0 aliphatic heterocycles. The van der Waals surface area contributed by atoms with Crippen molar-refractivity contribution in [1.82, 2.24) is 9.78 Å². The number of anilines is 1. The zero-order chi connectivity index (χ0) is 15.1. The second-order valence-corrected chi connectivity index (χ2v) is 6.91. The first kappa shape index (κ1) is 14.7. The van der Waals surface area contributed by atoms with Crippen LogP contribution in [0.25, 0.3) is 16.9 Å². The van der Waals surface area contributed by atoms with Crippen LogP contribution in [0.5, 0.6) is 0 Å². The van der Waals surface area contributed by atoms with E-state index in [-0.39, 0.29) is 5.02 Å². The number of nitrogens with two attached hydrogens (primary N) is 1. The van der Waals surface area contributed by atoms with Crippen molar-refractivity contribution in [2.24, 2.45) is 0 Å². The molecular formula is C13H7Cl3FN3S. The maximum Gasteiger partial charge on any atom is 0.143 e. The topological polar surface area (TPSA) is 43.8 Å². The highest BCUT2D eigenvalue weighted by atomic mass is 35.5. The molecule has 1 aromatic carbocycles. The van der Waals surface area contributed by atoms with Gasteiger partial charge >= 0.3 is 0 Å². The number of hydrogen-bond acceptors (Lipinski definition) is 3. The molecule has 8 heteroatoms. The number of aromatic nitrogens is 2. The fourth-order valence-electron chi connectivity index (χ4n) is 1.86. The summed E-state index contributed by atoms with van der Waals surface area (Å²) in [6, 6.07) is 6.07. The smallest absolute Gasteiger partial charge is 0.143 e. The van der Waals surface area contributed by atoms with Gasteiger partial charge in [-0.1, -0.05) is 34.8 Å². The molecule has 3 rings (SSSR count). The minimum atomic E-state index is -0.526. The van der Waals surface area contributed by atoms with Crippen molar-refractivity contribution in [3.05, 3.63) is 50.0 Å². The van der Waals surface area contributed by atoms with Crippen molar-refractivity contribution >= 4 is 51.8 Å². The third kappa shape index (κ3) is 2.74. The van der Waals surface area contributed by atoms with E-state index in [1.807, 2.05) is 0 Å². The van der Waals surface area contributed by atoms with Gasteiger partial charge in [-0.25, -0.2) is 9.07 Å². The van der Waals surface area contributed by atoms with Gasteiger partial charge in [0.25, 0.3) is 0 Å². The summed E-state index contributed by atoms with van der Waals surface area (Å²) < 4.78 is 16.0. The Morgan fingerprint density at radius 1 is 1.19 bits per heavy atom. The van der Waals surface area contributed by atoms with Gasteiger partial charge < -0.3 is 5.73 Å². The van der Waals surface area contributed by atoms with Crippen LogP contribution < -0.4 is 5.73 Å². The van der Waals surface area contributed by atoms with Gasteiger partial charge in [-0.05, 0) is 18.2 Å². The Labute approximate surface area is 138 Å². The largest absolute Gasteiger partial charge is 0.396 e. The molecule has 0 atom stereocenters. The molecule has 2 N–H and O–H groups in total. The highest BCUT2D eigenvalue weighted by Crippen LogP contribution is 2.39. The van der Waals surface area contributed by atoms with Crippen molar-refractivity contribution in [3.8, 4) is 16.9 Å². The van der Waals surface area contributed by atoms with Crippen LogP contribution in [0.15, 0.2) is 30.5 Å². The molecule has 0 aliphatic carbocycles. The lowest BCUT2D eigenvalue weighted by molar-refractivity contribution is 0.626. The lowest BCUT2D eigenvalue weighted by Crippen LogP contribution is -1.95. The van der Waals surface area contributed by atoms with E-state index in [2.05, 4.69) is 5.10 Å². The van der Waals surface area contributed by atoms with E-state index in [4.69, 9.17) is 40.5 Å². The lowest BCUT2D eigenvalue weighted by atomic mass is 10.2. The van der Waals surface area contributed by atoms with Crippen LogP contribution in [0.2, 0.25) is 13.7 Å². The first-order valence-corrected chi connectivity index (χ1v) is 7.66.